The molecule has 3 aromatic rings. The van der Waals surface area contributed by atoms with Crippen molar-refractivity contribution in [3.8, 4) is 0 Å². The first-order chi connectivity index (χ1) is 15.7. The van der Waals surface area contributed by atoms with E-state index in [-0.39, 0.29) is 11.8 Å². The quantitative estimate of drug-likeness (QED) is 0.550. The van der Waals surface area contributed by atoms with Gasteiger partial charge in [0.25, 0.3) is 0 Å². The lowest BCUT2D eigenvalue weighted by Gasteiger charge is -2.26. The van der Waals surface area contributed by atoms with Gasteiger partial charge in [0, 0.05) is 56.6 Å². The molecule has 0 spiro atoms. The molecule has 1 atom stereocenters. The number of nitrogens with zero attached hydrogens (tertiary/aromatic N) is 2. The maximum Gasteiger partial charge on any atom is 0.220 e. The molecule has 1 N–H and O–H groups in total. The number of aromatic nitrogens is 1. The molecule has 32 heavy (non-hydrogen) atoms. The normalized spacial score (nSPS) is 15.7. The molecule has 4 rings (SSSR count). The Morgan fingerprint density at radius 1 is 1.06 bits per heavy atom. The number of hydrogen-bond donors (Lipinski definition) is 1. The summed E-state index contributed by atoms with van der Waals surface area (Å²) < 4.78 is 7.75. The molecule has 5 heteroatoms. The fourth-order valence-electron chi connectivity index (χ4n) is 4.81. The summed E-state index contributed by atoms with van der Waals surface area (Å²) in [5.74, 6) is 0.137. The third-order valence-corrected chi connectivity index (χ3v) is 6.56. The molecule has 0 unspecified atom stereocenters. The third-order valence-electron chi connectivity index (χ3n) is 6.56. The molecule has 0 aliphatic carbocycles. The van der Waals surface area contributed by atoms with E-state index in [1.54, 1.807) is 0 Å². The van der Waals surface area contributed by atoms with Crippen molar-refractivity contribution < 1.29 is 9.53 Å². The summed E-state index contributed by atoms with van der Waals surface area (Å²) in [5, 5.41) is 4.43. The number of aryl methyl sites for hydroxylation is 2. The average molecular weight is 434 g/mol. The van der Waals surface area contributed by atoms with Gasteiger partial charge in [-0.1, -0.05) is 55.5 Å². The summed E-state index contributed by atoms with van der Waals surface area (Å²) in [6.45, 7) is 10.3. The van der Waals surface area contributed by atoms with Crippen LogP contribution in [-0.2, 0) is 22.5 Å². The molecule has 1 saturated heterocycles. The molecular weight excluding hydrogens is 398 g/mol. The summed E-state index contributed by atoms with van der Waals surface area (Å²) in [6.07, 6.45) is 3.72. The van der Waals surface area contributed by atoms with Crippen LogP contribution in [0.5, 0.6) is 0 Å². The zero-order valence-electron chi connectivity index (χ0n) is 19.3. The number of nitrogens with one attached hydrogen (secondary N) is 1. The molecule has 1 aliphatic rings. The lowest BCUT2D eigenvalue weighted by atomic mass is 9.87. The smallest absolute Gasteiger partial charge is 0.220 e. The predicted octanol–water partition coefficient (Wildman–Crippen LogP) is 4.19. The van der Waals surface area contributed by atoms with Gasteiger partial charge in [0.2, 0.25) is 5.91 Å². The van der Waals surface area contributed by atoms with Crippen LogP contribution < -0.4 is 5.32 Å². The monoisotopic (exact) mass is 433 g/mol. The molecule has 0 bridgehead atoms. The van der Waals surface area contributed by atoms with E-state index in [9.17, 15) is 4.79 Å². The van der Waals surface area contributed by atoms with Crippen molar-refractivity contribution in [2.45, 2.75) is 39.2 Å². The van der Waals surface area contributed by atoms with E-state index in [0.29, 0.717) is 13.0 Å². The summed E-state index contributed by atoms with van der Waals surface area (Å²) >= 11 is 0. The van der Waals surface area contributed by atoms with Crippen LogP contribution in [0.2, 0.25) is 0 Å². The highest BCUT2D eigenvalue weighted by molar-refractivity contribution is 5.89. The van der Waals surface area contributed by atoms with Crippen LogP contribution in [0.25, 0.3) is 10.9 Å². The number of ether oxygens (including phenoxy) is 1. The number of carbonyl (C=O) groups is 1. The molecule has 1 amide bonds. The fourth-order valence-corrected chi connectivity index (χ4v) is 4.81. The minimum absolute atomic E-state index is 0.0296. The highest BCUT2D eigenvalue weighted by Gasteiger charge is 2.23. The van der Waals surface area contributed by atoms with Gasteiger partial charge in [-0.05, 0) is 30.0 Å². The second-order valence-corrected chi connectivity index (χ2v) is 8.51. The van der Waals surface area contributed by atoms with Gasteiger partial charge in [0.1, 0.15) is 0 Å². The van der Waals surface area contributed by atoms with Crippen LogP contribution in [0.3, 0.4) is 0 Å². The van der Waals surface area contributed by atoms with Crippen LogP contribution >= 0.6 is 0 Å². The Balaban J connectivity index is 1.57. The Hall–Kier alpha value is -2.63. The SMILES string of the molecule is CCc1cccc2c([C@H](CC(=O)NCCN3CCOCC3)c3ccccc3)cn(CC)c12. The van der Waals surface area contributed by atoms with E-state index in [0.717, 1.165) is 45.8 Å². The molecule has 2 aromatic carbocycles. The standard InChI is InChI=1S/C27H35N3O2/c1-3-21-11-8-12-23-25(20-30(4-2)27(21)23)24(22-9-6-5-7-10-22)19-26(31)28-13-14-29-15-17-32-18-16-29/h5-12,20,24H,3-4,13-19H2,1-2H3,(H,28,31)/t24-/m1/s1. The van der Waals surface area contributed by atoms with Crippen LogP contribution in [0.1, 0.15) is 42.9 Å². The number of benzene rings is 2. The molecule has 1 aliphatic heterocycles. The van der Waals surface area contributed by atoms with Gasteiger partial charge in [-0.25, -0.2) is 0 Å². The van der Waals surface area contributed by atoms with E-state index in [1.165, 1.54) is 27.6 Å². The topological polar surface area (TPSA) is 46.5 Å². The Kier molecular flexibility index (Phi) is 7.61. The molecule has 2 heterocycles. The second kappa shape index (κ2) is 10.8. The van der Waals surface area contributed by atoms with Crippen molar-refractivity contribution in [3.63, 3.8) is 0 Å². The second-order valence-electron chi connectivity index (χ2n) is 8.51. The molecular formula is C27H35N3O2. The van der Waals surface area contributed by atoms with Crippen molar-refractivity contribution in [1.82, 2.24) is 14.8 Å². The van der Waals surface area contributed by atoms with Gasteiger partial charge in [0.15, 0.2) is 0 Å². The van der Waals surface area contributed by atoms with Crippen LogP contribution in [0.4, 0.5) is 0 Å². The van der Waals surface area contributed by atoms with Crippen LogP contribution in [0.15, 0.2) is 54.7 Å². The van der Waals surface area contributed by atoms with E-state index < -0.39 is 0 Å². The summed E-state index contributed by atoms with van der Waals surface area (Å²) in [5.41, 5.74) is 5.10. The first kappa shape index (κ1) is 22.6. The highest BCUT2D eigenvalue weighted by Crippen LogP contribution is 2.36. The number of morpholine rings is 1. The number of para-hydroxylation sites is 1. The van der Waals surface area contributed by atoms with Crippen molar-refractivity contribution in [3.05, 3.63) is 71.4 Å². The van der Waals surface area contributed by atoms with Gasteiger partial charge < -0.3 is 14.6 Å². The maximum atomic E-state index is 13.0. The van der Waals surface area contributed by atoms with Crippen molar-refractivity contribution in [1.29, 1.82) is 0 Å². The van der Waals surface area contributed by atoms with Crippen LogP contribution in [-0.4, -0.2) is 54.8 Å². The van der Waals surface area contributed by atoms with Gasteiger partial charge in [-0.15, -0.1) is 0 Å². The third kappa shape index (κ3) is 5.05. The van der Waals surface area contributed by atoms with E-state index in [4.69, 9.17) is 4.74 Å². The maximum absolute atomic E-state index is 13.0. The molecule has 0 saturated carbocycles. The molecule has 5 nitrogen and oxygen atoms in total. The Morgan fingerprint density at radius 2 is 1.84 bits per heavy atom. The molecule has 170 valence electrons. The minimum Gasteiger partial charge on any atom is -0.379 e. The van der Waals surface area contributed by atoms with E-state index in [2.05, 4.69) is 77.3 Å². The number of hydrogen-bond acceptors (Lipinski definition) is 3. The fraction of sp³-hybridized carbons (Fsp3) is 0.444. The Bertz CT molecular complexity index is 1020. The van der Waals surface area contributed by atoms with Gasteiger partial charge >= 0.3 is 0 Å². The van der Waals surface area contributed by atoms with Crippen LogP contribution in [0, 0.1) is 0 Å². The zero-order valence-corrected chi connectivity index (χ0v) is 19.3. The molecule has 0 radical (unpaired) electrons. The van der Waals surface area contributed by atoms with Crippen molar-refractivity contribution >= 4 is 16.8 Å². The largest absolute Gasteiger partial charge is 0.379 e. The Labute approximate surface area is 191 Å². The number of amides is 1. The first-order valence-electron chi connectivity index (χ1n) is 11.9. The number of fused-ring (bicyclic) bond motifs is 1. The molecule has 1 fully saturated rings. The lowest BCUT2D eigenvalue weighted by Crippen LogP contribution is -2.41. The average Bonchev–Trinajstić information content (AvgIpc) is 3.22. The molecule has 1 aromatic heterocycles. The van der Waals surface area contributed by atoms with Crippen molar-refractivity contribution in [2.24, 2.45) is 0 Å². The van der Waals surface area contributed by atoms with Gasteiger partial charge in [0.05, 0.1) is 18.7 Å². The minimum atomic E-state index is 0.0296. The zero-order chi connectivity index (χ0) is 22.3. The number of rotatable bonds is 9. The van der Waals surface area contributed by atoms with E-state index >= 15 is 0 Å². The first-order valence-corrected chi connectivity index (χ1v) is 11.9. The summed E-state index contributed by atoms with van der Waals surface area (Å²) in [4.78, 5) is 15.4. The predicted molar refractivity (Wildman–Crippen MR) is 130 cm³/mol. The summed E-state index contributed by atoms with van der Waals surface area (Å²) in [7, 11) is 0. The van der Waals surface area contributed by atoms with Crippen molar-refractivity contribution in [2.75, 3.05) is 39.4 Å². The number of carbonyl (C=O) groups excluding carboxylic acids is 1. The Morgan fingerprint density at radius 3 is 2.56 bits per heavy atom. The van der Waals surface area contributed by atoms with Gasteiger partial charge in [-0.2, -0.15) is 0 Å². The highest BCUT2D eigenvalue weighted by atomic mass is 16.5. The van der Waals surface area contributed by atoms with E-state index in [1.807, 2.05) is 6.07 Å². The summed E-state index contributed by atoms with van der Waals surface area (Å²) in [6, 6.07) is 17.0. The lowest BCUT2D eigenvalue weighted by molar-refractivity contribution is -0.121. The van der Waals surface area contributed by atoms with Gasteiger partial charge in [-0.3, -0.25) is 9.69 Å².